The number of aliphatic imine (C=N–C) groups is 1. The van der Waals surface area contributed by atoms with Crippen LogP contribution in [0, 0.1) is 6.92 Å². The molecule has 2 aromatic rings. The third-order valence-corrected chi connectivity index (χ3v) is 6.63. The zero-order valence-electron chi connectivity index (χ0n) is 24.1. The van der Waals surface area contributed by atoms with Gasteiger partial charge >= 0.3 is 0 Å². The van der Waals surface area contributed by atoms with Crippen molar-refractivity contribution >= 4 is 29.6 Å². The summed E-state index contributed by atoms with van der Waals surface area (Å²) in [4.78, 5) is 13.0. The molecule has 4 heterocycles. The first-order valence-corrected chi connectivity index (χ1v) is 13.8. The summed E-state index contributed by atoms with van der Waals surface area (Å²) in [7, 11) is 1.84. The number of hydrogen-bond acceptors (Lipinski definition) is 10. The van der Waals surface area contributed by atoms with Gasteiger partial charge < -0.3 is 20.1 Å². The molecule has 0 aliphatic carbocycles. The summed E-state index contributed by atoms with van der Waals surface area (Å²) < 4.78 is 11.3. The lowest BCUT2D eigenvalue weighted by atomic mass is 10.1. The van der Waals surface area contributed by atoms with Gasteiger partial charge in [-0.3, -0.25) is 10.3 Å². The number of ether oxygens (including phenoxy) is 2. The molecule has 0 spiro atoms. The monoisotopic (exact) mass is 544 g/mol. The van der Waals surface area contributed by atoms with Gasteiger partial charge in [-0.2, -0.15) is 5.10 Å². The molecule has 1 atom stereocenters. The maximum atomic E-state index is 6.23. The van der Waals surface area contributed by atoms with E-state index in [9.17, 15) is 0 Å². The Morgan fingerprint density at radius 2 is 2.08 bits per heavy atom. The number of aryl methyl sites for hydroxylation is 1. The molecule has 1 aromatic carbocycles. The van der Waals surface area contributed by atoms with Crippen LogP contribution in [-0.2, 0) is 4.74 Å². The Hall–Kier alpha value is -4.02. The minimum atomic E-state index is -0.220. The van der Waals surface area contributed by atoms with Crippen molar-refractivity contribution in [3.8, 4) is 5.75 Å². The number of allylic oxidation sites excluding steroid dienone is 3. The summed E-state index contributed by atoms with van der Waals surface area (Å²) in [5.41, 5.74) is 5.70. The molecule has 3 aliphatic rings. The number of benzene rings is 1. The zero-order chi connectivity index (χ0) is 28.3. The van der Waals surface area contributed by atoms with Gasteiger partial charge in [-0.05, 0) is 88.9 Å². The van der Waals surface area contributed by atoms with Crippen molar-refractivity contribution in [1.82, 2.24) is 20.3 Å². The van der Waals surface area contributed by atoms with E-state index in [-0.39, 0.29) is 6.29 Å². The topological polar surface area (TPSA) is 108 Å². The van der Waals surface area contributed by atoms with Crippen LogP contribution in [0.5, 0.6) is 5.75 Å². The molecule has 5 rings (SSSR count). The van der Waals surface area contributed by atoms with Crippen molar-refractivity contribution in [2.45, 2.75) is 59.7 Å². The van der Waals surface area contributed by atoms with Crippen LogP contribution < -0.4 is 20.7 Å². The second-order valence-electron chi connectivity index (χ2n) is 9.58. The Balaban J connectivity index is 0.000000546. The van der Waals surface area contributed by atoms with Crippen LogP contribution in [0.15, 0.2) is 70.0 Å². The van der Waals surface area contributed by atoms with E-state index in [0.717, 1.165) is 59.5 Å². The van der Waals surface area contributed by atoms with Crippen LogP contribution in [0.1, 0.15) is 57.7 Å². The molecule has 0 saturated carbocycles. The van der Waals surface area contributed by atoms with Crippen molar-refractivity contribution in [3.63, 3.8) is 0 Å². The standard InChI is InChI=1S/C25H30N8O.C5H10O/c1-6-16(3)21-13-19(10-11-33(21)30-7-2)34-22-9-8-18(12-17(22)4)31-24-23-20(28-15-29-24)14-27-25(26-5)32-23;1-2-4-6-5-3-1/h7-15,25-26,32H,6H2,1-5H3,(H,28,29,31);1-5H2/b21-16?,30-7-;. The second-order valence-corrected chi connectivity index (χ2v) is 9.58. The Morgan fingerprint density at radius 3 is 2.73 bits per heavy atom. The lowest BCUT2D eigenvalue weighted by Gasteiger charge is -2.23. The molecule has 3 aliphatic heterocycles. The van der Waals surface area contributed by atoms with Crippen molar-refractivity contribution in [3.05, 3.63) is 71.2 Å². The number of hydrazone groups is 1. The highest BCUT2D eigenvalue weighted by Crippen LogP contribution is 2.31. The maximum Gasteiger partial charge on any atom is 0.173 e. The minimum absolute atomic E-state index is 0.220. The summed E-state index contributed by atoms with van der Waals surface area (Å²) in [5.74, 6) is 2.23. The normalized spacial score (nSPS) is 19.3. The number of hydrogen-bond donors (Lipinski definition) is 3. The Morgan fingerprint density at radius 1 is 1.25 bits per heavy atom. The van der Waals surface area contributed by atoms with Gasteiger partial charge in [0.15, 0.2) is 12.1 Å². The van der Waals surface area contributed by atoms with Gasteiger partial charge in [0.25, 0.3) is 0 Å². The Kier molecular flexibility index (Phi) is 10.4. The molecular weight excluding hydrogens is 504 g/mol. The fourth-order valence-corrected chi connectivity index (χ4v) is 4.25. The fourth-order valence-electron chi connectivity index (χ4n) is 4.25. The molecule has 1 aromatic heterocycles. The molecule has 1 fully saturated rings. The third kappa shape index (κ3) is 7.55. The van der Waals surface area contributed by atoms with Crippen LogP contribution in [0.25, 0.3) is 0 Å². The number of nitrogens with one attached hydrogen (secondary N) is 3. The lowest BCUT2D eigenvalue weighted by Crippen LogP contribution is -2.34. The SMILES string of the molecule is C/C=N\N1C=CC(Oc2ccc(Nc3ncnc4c3NC(NC)N=C4)cc2C)=CC1=C(C)CC.C1CCOCC1. The second kappa shape index (κ2) is 14.4. The highest BCUT2D eigenvalue weighted by molar-refractivity contribution is 5.92. The molecule has 0 amide bonds. The van der Waals surface area contributed by atoms with Crippen LogP contribution in [0.4, 0.5) is 17.2 Å². The summed E-state index contributed by atoms with van der Waals surface area (Å²) in [5, 5.41) is 16.0. The number of aromatic nitrogens is 2. The predicted octanol–water partition coefficient (Wildman–Crippen LogP) is 5.84. The van der Waals surface area contributed by atoms with Gasteiger partial charge in [-0.1, -0.05) is 6.92 Å². The Bertz CT molecular complexity index is 1300. The molecule has 1 unspecified atom stereocenters. The number of anilines is 3. The predicted molar refractivity (Wildman–Crippen MR) is 162 cm³/mol. The summed E-state index contributed by atoms with van der Waals surface area (Å²) in [6.45, 7) is 10.2. The van der Waals surface area contributed by atoms with E-state index in [4.69, 9.17) is 9.47 Å². The highest BCUT2D eigenvalue weighted by atomic mass is 16.5. The lowest BCUT2D eigenvalue weighted by molar-refractivity contribution is 0.0968. The summed E-state index contributed by atoms with van der Waals surface area (Å²) in [6, 6.07) is 5.96. The van der Waals surface area contributed by atoms with Gasteiger partial charge in [0.1, 0.15) is 29.2 Å². The summed E-state index contributed by atoms with van der Waals surface area (Å²) >= 11 is 0. The number of nitrogens with zero attached hydrogens (tertiary/aromatic N) is 5. The van der Waals surface area contributed by atoms with Crippen LogP contribution >= 0.6 is 0 Å². The molecule has 3 N–H and O–H groups in total. The maximum absolute atomic E-state index is 6.23. The molecule has 0 radical (unpaired) electrons. The molecule has 212 valence electrons. The van der Waals surface area contributed by atoms with Gasteiger partial charge in [0.05, 0.1) is 11.9 Å². The first-order chi connectivity index (χ1) is 19.5. The van der Waals surface area contributed by atoms with Gasteiger partial charge in [-0.25, -0.2) is 15.0 Å². The van der Waals surface area contributed by atoms with Crippen molar-refractivity contribution in [2.24, 2.45) is 10.1 Å². The van der Waals surface area contributed by atoms with Gasteiger partial charge in [-0.15, -0.1) is 0 Å². The molecule has 40 heavy (non-hydrogen) atoms. The molecule has 10 heteroatoms. The average molecular weight is 545 g/mol. The van der Waals surface area contributed by atoms with Crippen molar-refractivity contribution in [2.75, 3.05) is 30.9 Å². The van der Waals surface area contributed by atoms with E-state index in [0.29, 0.717) is 5.82 Å². The number of rotatable bonds is 7. The van der Waals surface area contributed by atoms with Gasteiger partial charge in [0, 0.05) is 37.4 Å². The van der Waals surface area contributed by atoms with Gasteiger partial charge in [0.2, 0.25) is 0 Å². The molecule has 1 saturated heterocycles. The first-order valence-electron chi connectivity index (χ1n) is 13.8. The largest absolute Gasteiger partial charge is 0.457 e. The Labute approximate surface area is 237 Å². The number of fused-ring (bicyclic) bond motifs is 1. The summed E-state index contributed by atoms with van der Waals surface area (Å²) in [6.07, 6.45) is 15.5. The van der Waals surface area contributed by atoms with E-state index in [1.54, 1.807) is 12.4 Å². The average Bonchev–Trinajstić information content (AvgIpc) is 3.00. The van der Waals surface area contributed by atoms with Crippen molar-refractivity contribution in [1.29, 1.82) is 0 Å². The molecular formula is C30H40N8O2. The van der Waals surface area contributed by atoms with Crippen LogP contribution in [0.2, 0.25) is 0 Å². The quantitative estimate of drug-likeness (QED) is 0.373. The zero-order valence-corrected chi connectivity index (χ0v) is 24.1. The fraction of sp³-hybridized carbons (Fsp3) is 0.400. The minimum Gasteiger partial charge on any atom is -0.457 e. The first kappa shape index (κ1) is 29.0. The van der Waals surface area contributed by atoms with E-state index in [1.807, 2.05) is 62.5 Å². The highest BCUT2D eigenvalue weighted by Gasteiger charge is 2.18. The van der Waals surface area contributed by atoms with Crippen LogP contribution in [-0.4, -0.2) is 54.0 Å². The molecule has 0 bridgehead atoms. The van der Waals surface area contributed by atoms with E-state index >= 15 is 0 Å². The van der Waals surface area contributed by atoms with Crippen LogP contribution in [0.3, 0.4) is 0 Å². The smallest absolute Gasteiger partial charge is 0.173 e. The van der Waals surface area contributed by atoms with E-state index in [2.05, 4.69) is 49.9 Å². The van der Waals surface area contributed by atoms with Crippen molar-refractivity contribution < 1.29 is 9.47 Å². The molecule has 10 nitrogen and oxygen atoms in total. The van der Waals surface area contributed by atoms with E-state index < -0.39 is 0 Å². The third-order valence-electron chi connectivity index (χ3n) is 6.63. The van der Waals surface area contributed by atoms with E-state index in [1.165, 1.54) is 31.2 Å².